The molecule has 0 spiro atoms. The maximum atomic E-state index is 14.1. The summed E-state index contributed by atoms with van der Waals surface area (Å²) >= 11 is 0. The molecule has 0 heterocycles. The van der Waals surface area contributed by atoms with E-state index in [1.807, 2.05) is 0 Å². The van der Waals surface area contributed by atoms with E-state index in [1.165, 1.54) is 0 Å². The largest absolute Gasteiger partial charge is 0.460 e. The highest BCUT2D eigenvalue weighted by atomic mass is 32.3. The van der Waals surface area contributed by atoms with Crippen LogP contribution in [0.2, 0.25) is 0 Å². The maximum absolute atomic E-state index is 14.1. The van der Waals surface area contributed by atoms with Crippen LogP contribution in [0.4, 0.5) is 78.5 Å². The second kappa shape index (κ2) is 13.0. The lowest BCUT2D eigenvalue weighted by atomic mass is 9.91. The number of hydrogen-bond donors (Lipinski definition) is 4. The van der Waals surface area contributed by atoms with Crippen LogP contribution in [0.3, 0.4) is 0 Å². The molecule has 0 rings (SSSR count). The molecule has 0 aliphatic heterocycles. The van der Waals surface area contributed by atoms with Crippen molar-refractivity contribution in [3.8, 4) is 0 Å². The van der Waals surface area contributed by atoms with Crippen LogP contribution < -0.4 is 4.89 Å². The highest BCUT2D eigenvalue weighted by molar-refractivity contribution is 7.90. The van der Waals surface area contributed by atoms with E-state index in [-0.39, 0.29) is 0 Å². The van der Waals surface area contributed by atoms with Gasteiger partial charge in [0.25, 0.3) is 10.0 Å². The third-order valence-electron chi connectivity index (χ3n) is 4.56. The monoisotopic (exact) mass is 730 g/mol. The Bertz CT molecular complexity index is 1140. The van der Waals surface area contributed by atoms with Crippen molar-refractivity contribution in [3.63, 3.8) is 0 Å². The first-order chi connectivity index (χ1) is 18.5. The van der Waals surface area contributed by atoms with Crippen LogP contribution in [-0.2, 0) is 20.4 Å². The van der Waals surface area contributed by atoms with Gasteiger partial charge in [-0.15, -0.1) is 0 Å². The minimum absolute atomic E-state index is 0.410. The molecule has 0 radical (unpaired) electrons. The van der Waals surface area contributed by atoms with E-state index < -0.39 is 104 Å². The van der Waals surface area contributed by atoms with Crippen molar-refractivity contribution in [3.05, 3.63) is 0 Å². The SMILES string of the molecule is CCCN(CC(O)CO)S(=O)(=O)C(F)(F)C(F)(F)C(F)(F)C(F)(F)C(F)(F)C(F)(F)C(F)(F)C(F)(F)F.O=S(=O)(F)NO. The summed E-state index contributed by atoms with van der Waals surface area (Å²) in [6.07, 6.45) is -11.0. The van der Waals surface area contributed by atoms with E-state index >= 15 is 0 Å². The molecular formula is C14H16F18N2O7S2. The van der Waals surface area contributed by atoms with Crippen molar-refractivity contribution in [1.29, 1.82) is 0 Å². The van der Waals surface area contributed by atoms with E-state index in [0.717, 1.165) is 6.92 Å². The molecule has 0 aromatic rings. The summed E-state index contributed by atoms with van der Waals surface area (Å²) < 4.78 is 277. The lowest BCUT2D eigenvalue weighted by Gasteiger charge is -2.43. The van der Waals surface area contributed by atoms with E-state index in [2.05, 4.69) is 0 Å². The predicted octanol–water partition coefficient (Wildman–Crippen LogP) is 3.53. The predicted molar refractivity (Wildman–Crippen MR) is 99.5 cm³/mol. The van der Waals surface area contributed by atoms with Crippen molar-refractivity contribution < 1.29 is 111 Å². The molecule has 4 N–H and O–H groups in total. The molecule has 43 heavy (non-hydrogen) atoms. The number of rotatable bonds is 14. The van der Waals surface area contributed by atoms with Gasteiger partial charge in [-0.1, -0.05) is 15.7 Å². The minimum Gasteiger partial charge on any atom is -0.394 e. The summed E-state index contributed by atoms with van der Waals surface area (Å²) in [6, 6.07) is 0. The van der Waals surface area contributed by atoms with Crippen LogP contribution in [-0.4, -0.2) is 109 Å². The number of aliphatic hydroxyl groups is 2. The molecule has 9 nitrogen and oxygen atoms in total. The molecule has 0 saturated carbocycles. The molecule has 0 fully saturated rings. The Kier molecular flexibility index (Phi) is 13.2. The molecule has 0 aliphatic carbocycles. The fourth-order valence-corrected chi connectivity index (χ4v) is 3.89. The number of nitrogens with zero attached hydrogens (tertiary/aromatic N) is 1. The van der Waals surface area contributed by atoms with Crippen molar-refractivity contribution in [2.75, 3.05) is 19.7 Å². The minimum atomic E-state index is -8.92. The summed E-state index contributed by atoms with van der Waals surface area (Å²) in [6.45, 7) is -3.90. The normalized spacial score (nSPS) is 16.2. The number of nitrogens with one attached hydrogen (secondary N) is 1. The standard InChI is InChI=1S/C14H14F17NO4S.FH2NO3S/c1-2-3-32(4-6(34)5-33)37(35,36)14(30,31)12(25,26)10(21,22)8(17,18)7(15,16)9(19,20)11(23,24)13(27,28)29;1-6(4,5)2-3/h6,33-34H,2-5H2,1H3;2-3H. The van der Waals surface area contributed by atoms with Gasteiger partial charge in [-0.3, -0.25) is 0 Å². The summed E-state index contributed by atoms with van der Waals surface area (Å²) in [4.78, 5) is 0.410. The molecule has 0 aliphatic rings. The molecule has 29 heteroatoms. The van der Waals surface area contributed by atoms with E-state index in [4.69, 9.17) is 23.8 Å². The topological polar surface area (TPSA) is 144 Å². The van der Waals surface area contributed by atoms with Crippen LogP contribution in [0, 0.1) is 0 Å². The van der Waals surface area contributed by atoms with Gasteiger partial charge in [0.1, 0.15) is 0 Å². The van der Waals surface area contributed by atoms with Crippen LogP contribution in [0.5, 0.6) is 0 Å². The van der Waals surface area contributed by atoms with Gasteiger partial charge in [-0.05, 0) is 6.42 Å². The van der Waals surface area contributed by atoms with Gasteiger partial charge in [0.15, 0.2) is 0 Å². The maximum Gasteiger partial charge on any atom is 0.460 e. The third-order valence-corrected chi connectivity index (χ3v) is 6.70. The zero-order valence-electron chi connectivity index (χ0n) is 19.9. The molecule has 1 unspecified atom stereocenters. The molecule has 0 aromatic heterocycles. The van der Waals surface area contributed by atoms with E-state index in [9.17, 15) is 86.9 Å². The summed E-state index contributed by atoms with van der Waals surface area (Å²) in [5.74, 6) is -52.0. The Morgan fingerprint density at radius 1 is 0.674 bits per heavy atom. The molecule has 0 amide bonds. The fourth-order valence-electron chi connectivity index (χ4n) is 2.33. The van der Waals surface area contributed by atoms with Gasteiger partial charge in [0, 0.05) is 13.1 Å². The van der Waals surface area contributed by atoms with Gasteiger partial charge in [0.05, 0.1) is 12.7 Å². The number of alkyl halides is 17. The summed E-state index contributed by atoms with van der Waals surface area (Å²) in [5.41, 5.74) is 0. The van der Waals surface area contributed by atoms with Crippen molar-refractivity contribution in [2.24, 2.45) is 0 Å². The summed E-state index contributed by atoms with van der Waals surface area (Å²) in [5, 5.41) is 17.2. The van der Waals surface area contributed by atoms with Crippen LogP contribution in [0.1, 0.15) is 13.3 Å². The number of sulfonamides is 1. The van der Waals surface area contributed by atoms with Gasteiger partial charge >= 0.3 is 57.4 Å². The smallest absolute Gasteiger partial charge is 0.394 e. The quantitative estimate of drug-likeness (QED) is 0.122. The Morgan fingerprint density at radius 2 is 0.977 bits per heavy atom. The average molecular weight is 730 g/mol. The zero-order chi connectivity index (χ0) is 35.7. The highest BCUT2D eigenvalue weighted by Crippen LogP contribution is 2.64. The molecule has 0 bridgehead atoms. The Balaban J connectivity index is 0. The Labute approximate surface area is 227 Å². The van der Waals surface area contributed by atoms with E-state index in [0.29, 0.717) is 4.89 Å². The lowest BCUT2D eigenvalue weighted by molar-refractivity contribution is -0.458. The highest BCUT2D eigenvalue weighted by Gasteiger charge is 2.96. The molecule has 0 aromatic carbocycles. The number of hydrogen-bond acceptors (Lipinski definition) is 7. The average Bonchev–Trinajstić information content (AvgIpc) is 2.81. The molecule has 0 saturated heterocycles. The van der Waals surface area contributed by atoms with Crippen LogP contribution in [0.25, 0.3) is 0 Å². The molecule has 262 valence electrons. The molecular weight excluding hydrogens is 714 g/mol. The first-order valence-electron chi connectivity index (χ1n) is 9.83. The first-order valence-corrected chi connectivity index (χ1v) is 12.7. The first kappa shape index (κ1) is 43.6. The third kappa shape index (κ3) is 7.64. The van der Waals surface area contributed by atoms with Gasteiger partial charge in [-0.2, -0.15) is 87.4 Å². The Hall–Kier alpha value is -1.56. The number of aliphatic hydroxyl groups excluding tert-OH is 2. The Morgan fingerprint density at radius 3 is 1.23 bits per heavy atom. The van der Waals surface area contributed by atoms with Gasteiger partial charge in [-0.25, -0.2) is 8.42 Å². The van der Waals surface area contributed by atoms with Crippen LogP contribution in [0.15, 0.2) is 0 Å². The number of halogens is 18. The fraction of sp³-hybridized carbons (Fsp3) is 1.00. The lowest BCUT2D eigenvalue weighted by Crippen LogP contribution is -2.75. The van der Waals surface area contributed by atoms with Crippen molar-refractivity contribution in [2.45, 2.75) is 66.4 Å². The van der Waals surface area contributed by atoms with Crippen molar-refractivity contribution in [1.82, 2.24) is 9.19 Å². The second-order valence-electron chi connectivity index (χ2n) is 7.69. The van der Waals surface area contributed by atoms with Gasteiger partial charge < -0.3 is 15.4 Å². The second-order valence-corrected chi connectivity index (χ2v) is 10.7. The van der Waals surface area contributed by atoms with Crippen LogP contribution >= 0.6 is 0 Å². The molecule has 1 atom stereocenters. The van der Waals surface area contributed by atoms with Crippen molar-refractivity contribution >= 4 is 20.4 Å². The van der Waals surface area contributed by atoms with E-state index in [1.54, 1.807) is 0 Å². The summed E-state index contributed by atoms with van der Waals surface area (Å²) in [7, 11) is -12.4. The van der Waals surface area contributed by atoms with Gasteiger partial charge in [0.2, 0.25) is 0 Å². The zero-order valence-corrected chi connectivity index (χ0v) is 21.6.